The summed E-state index contributed by atoms with van der Waals surface area (Å²) in [6.07, 6.45) is -10.1. The third kappa shape index (κ3) is 7.89. The Kier molecular flexibility index (Phi) is 10.0. The molecule has 2 unspecified atom stereocenters. The van der Waals surface area contributed by atoms with Crippen molar-refractivity contribution in [1.82, 2.24) is 14.9 Å². The molecule has 19 nitrogen and oxygen atoms in total. The van der Waals surface area contributed by atoms with Crippen molar-refractivity contribution in [1.29, 1.82) is 0 Å². The number of hydrogen-bond donors (Lipinski definition) is 8. The number of nitrogens with one attached hydrogen (secondary N) is 2. The van der Waals surface area contributed by atoms with Crippen LogP contribution < -0.4 is 16.6 Å². The lowest BCUT2D eigenvalue weighted by Crippen LogP contribution is -2.64. The zero-order chi connectivity index (χ0) is 29.3. The van der Waals surface area contributed by atoms with Crippen LogP contribution in [-0.2, 0) is 36.8 Å². The minimum atomic E-state index is -5.60. The van der Waals surface area contributed by atoms with Crippen LogP contribution in [0, 0.1) is 6.92 Å². The van der Waals surface area contributed by atoms with Gasteiger partial charge in [0.2, 0.25) is 5.91 Å². The molecule has 9 atom stereocenters. The molecule has 1 aromatic heterocycles. The molecule has 0 aliphatic carbocycles. The highest BCUT2D eigenvalue weighted by Crippen LogP contribution is 2.62. The van der Waals surface area contributed by atoms with Gasteiger partial charge in [-0.2, -0.15) is 4.31 Å². The highest BCUT2D eigenvalue weighted by Gasteiger charge is 2.50. The van der Waals surface area contributed by atoms with Crippen molar-refractivity contribution in [3.05, 3.63) is 32.6 Å². The predicted octanol–water partition coefficient (Wildman–Crippen LogP) is -3.31. The van der Waals surface area contributed by atoms with Crippen LogP contribution in [0.15, 0.2) is 15.8 Å². The second kappa shape index (κ2) is 12.4. The Morgan fingerprint density at radius 2 is 1.85 bits per heavy atom. The number of H-pyrrole nitrogens is 1. The highest BCUT2D eigenvalue weighted by molar-refractivity contribution is 7.61. The SMILES string of the molecule is CC(=O)N[C@@H]1[C@H](OP(=O)(OC[C@H]2O[C@@H](n3cc(C)c(=O)[nH]c3=O)CC2O)OP(=O)(O)O)O[C@H](CO)[C@@H](O)[C@@H]1O. The number of aromatic amines is 1. The van der Waals surface area contributed by atoms with Gasteiger partial charge in [0.15, 0.2) is 6.29 Å². The van der Waals surface area contributed by atoms with Gasteiger partial charge < -0.3 is 45.0 Å². The molecule has 39 heavy (non-hydrogen) atoms. The Bertz CT molecular complexity index is 1250. The van der Waals surface area contributed by atoms with Crippen molar-refractivity contribution < 1.29 is 67.0 Å². The van der Waals surface area contributed by atoms with Gasteiger partial charge in [-0.25, -0.2) is 13.9 Å². The van der Waals surface area contributed by atoms with Gasteiger partial charge in [-0.3, -0.25) is 28.2 Å². The summed E-state index contributed by atoms with van der Waals surface area (Å²) in [6.45, 7) is 0.661. The lowest BCUT2D eigenvalue weighted by molar-refractivity contribution is -0.248. The molecule has 0 spiro atoms. The number of carbonyl (C=O) groups excluding carboxylic acids is 1. The van der Waals surface area contributed by atoms with Crippen LogP contribution in [0.4, 0.5) is 0 Å². The number of rotatable bonds is 10. The molecular weight excluding hydrogens is 576 g/mol. The molecule has 222 valence electrons. The Labute approximate surface area is 219 Å². The molecule has 21 heteroatoms. The number of amides is 1. The third-order valence-corrected chi connectivity index (χ3v) is 8.33. The summed E-state index contributed by atoms with van der Waals surface area (Å²) in [4.78, 5) is 55.9. The highest BCUT2D eigenvalue weighted by atomic mass is 31.3. The fraction of sp³-hybridized carbons (Fsp3) is 0.722. The van der Waals surface area contributed by atoms with Crippen molar-refractivity contribution in [2.24, 2.45) is 0 Å². The van der Waals surface area contributed by atoms with Crippen LogP contribution in [-0.4, -0.2) is 102 Å². The lowest BCUT2D eigenvalue weighted by Gasteiger charge is -2.42. The summed E-state index contributed by atoms with van der Waals surface area (Å²) in [5.74, 6) is -0.779. The van der Waals surface area contributed by atoms with Gasteiger partial charge in [0.1, 0.15) is 36.7 Å². The summed E-state index contributed by atoms with van der Waals surface area (Å²) in [5.41, 5.74) is -1.32. The number of phosphoric acid groups is 2. The van der Waals surface area contributed by atoms with Gasteiger partial charge in [-0.1, -0.05) is 0 Å². The molecule has 0 bridgehead atoms. The van der Waals surface area contributed by atoms with Gasteiger partial charge in [-0.05, 0) is 6.92 Å². The number of aromatic nitrogens is 2. The van der Waals surface area contributed by atoms with E-state index in [1.54, 1.807) is 0 Å². The Hall–Kier alpha value is -1.83. The van der Waals surface area contributed by atoms with Gasteiger partial charge in [-0.15, -0.1) is 0 Å². The second-order valence-corrected chi connectivity index (χ2v) is 11.8. The maximum atomic E-state index is 13.3. The molecule has 0 saturated carbocycles. The Balaban J connectivity index is 1.80. The molecule has 3 heterocycles. The summed E-state index contributed by atoms with van der Waals surface area (Å²) in [5, 5.41) is 42.4. The van der Waals surface area contributed by atoms with Crippen molar-refractivity contribution in [3.63, 3.8) is 0 Å². The zero-order valence-electron chi connectivity index (χ0n) is 20.4. The van der Waals surface area contributed by atoms with Crippen molar-refractivity contribution >= 4 is 21.6 Å². The summed E-state index contributed by atoms with van der Waals surface area (Å²) in [7, 11) is -11.0. The van der Waals surface area contributed by atoms with Gasteiger partial charge in [0.05, 0.1) is 19.3 Å². The first kappa shape index (κ1) is 31.7. The van der Waals surface area contributed by atoms with Crippen LogP contribution in [0.2, 0.25) is 0 Å². The largest absolute Gasteiger partial charge is 0.486 e. The Morgan fingerprint density at radius 3 is 2.44 bits per heavy atom. The summed E-state index contributed by atoms with van der Waals surface area (Å²) in [6, 6.07) is -1.68. The number of carbonyl (C=O) groups is 1. The topological polar surface area (TPSA) is 286 Å². The maximum Gasteiger partial charge on any atom is 0.486 e. The molecule has 8 N–H and O–H groups in total. The van der Waals surface area contributed by atoms with Gasteiger partial charge in [0, 0.05) is 25.1 Å². The van der Waals surface area contributed by atoms with E-state index in [0.29, 0.717) is 0 Å². The molecule has 0 radical (unpaired) electrons. The first-order valence-corrected chi connectivity index (χ1v) is 14.3. The van der Waals surface area contributed by atoms with Crippen molar-refractivity contribution in [3.8, 4) is 0 Å². The van der Waals surface area contributed by atoms with E-state index >= 15 is 0 Å². The molecule has 3 rings (SSSR count). The lowest BCUT2D eigenvalue weighted by atomic mass is 9.97. The van der Waals surface area contributed by atoms with Crippen molar-refractivity contribution in [2.75, 3.05) is 13.2 Å². The molecule has 0 aromatic carbocycles. The molecule has 2 aliphatic rings. The number of nitrogens with zero attached hydrogens (tertiary/aromatic N) is 1. The number of phosphoric ester groups is 1. The summed E-state index contributed by atoms with van der Waals surface area (Å²) < 4.78 is 50.8. The number of ether oxygens (including phenoxy) is 2. The zero-order valence-corrected chi connectivity index (χ0v) is 22.2. The average molecular weight is 605 g/mol. The number of aliphatic hydroxyl groups is 4. The average Bonchev–Trinajstić information content (AvgIpc) is 3.18. The monoisotopic (exact) mass is 605 g/mol. The summed E-state index contributed by atoms with van der Waals surface area (Å²) >= 11 is 0. The van der Waals surface area contributed by atoms with E-state index in [4.69, 9.17) is 18.5 Å². The second-order valence-electron chi connectivity index (χ2n) is 8.76. The fourth-order valence-corrected chi connectivity index (χ4v) is 6.10. The van der Waals surface area contributed by atoms with Crippen LogP contribution in [0.3, 0.4) is 0 Å². The minimum Gasteiger partial charge on any atom is -0.394 e. The molecule has 1 aromatic rings. The quantitative estimate of drug-likeness (QED) is 0.121. The maximum absolute atomic E-state index is 13.3. The number of aryl methyl sites for hydroxylation is 1. The molecule has 2 aliphatic heterocycles. The predicted molar refractivity (Wildman–Crippen MR) is 124 cm³/mol. The van der Waals surface area contributed by atoms with E-state index in [0.717, 1.165) is 11.5 Å². The number of aliphatic hydroxyl groups excluding tert-OH is 4. The molecule has 1 amide bonds. The van der Waals surface area contributed by atoms with Crippen LogP contribution in [0.25, 0.3) is 0 Å². The number of hydrogen-bond acceptors (Lipinski definition) is 14. The first-order valence-electron chi connectivity index (χ1n) is 11.3. The van der Waals surface area contributed by atoms with Crippen LogP contribution >= 0.6 is 15.6 Å². The molecular formula is C18H29N3O16P2. The van der Waals surface area contributed by atoms with Crippen LogP contribution in [0.5, 0.6) is 0 Å². The van der Waals surface area contributed by atoms with E-state index in [1.807, 2.05) is 0 Å². The van der Waals surface area contributed by atoms with Gasteiger partial charge in [0.25, 0.3) is 5.56 Å². The molecule has 2 saturated heterocycles. The van der Waals surface area contributed by atoms with Crippen molar-refractivity contribution in [2.45, 2.75) is 69.3 Å². The fourth-order valence-electron chi connectivity index (χ4n) is 3.89. The third-order valence-electron chi connectivity index (χ3n) is 5.75. The standard InChI is InChI=1S/C18H29N3O16P2/c1-7-4-21(18(28)20-16(7)27)12-3-9(24)11(34-12)6-33-39(32,37-38(29,30)31)36-17-13(19-8(2)23)15(26)14(25)10(5-22)35-17/h4,9-15,17,22,24-26H,3,5-6H2,1-2H3,(H,19,23)(H,20,27,28)(H2,29,30,31)/t9?,10-,11-,12-,13+,14-,15-,17+,39?/m1/s1. The van der Waals surface area contributed by atoms with E-state index in [1.165, 1.54) is 13.1 Å². The first-order chi connectivity index (χ1) is 18.0. The van der Waals surface area contributed by atoms with Gasteiger partial charge >= 0.3 is 21.3 Å². The minimum absolute atomic E-state index is 0.162. The smallest absolute Gasteiger partial charge is 0.394 e. The Morgan fingerprint density at radius 1 is 1.18 bits per heavy atom. The normalized spacial score (nSPS) is 33.0. The van der Waals surface area contributed by atoms with E-state index < -0.39 is 95.1 Å². The van der Waals surface area contributed by atoms with E-state index in [-0.39, 0.29) is 12.0 Å². The van der Waals surface area contributed by atoms with Crippen LogP contribution in [0.1, 0.15) is 25.1 Å². The van der Waals surface area contributed by atoms with E-state index in [2.05, 4.69) is 14.6 Å². The van der Waals surface area contributed by atoms with E-state index in [9.17, 15) is 53.7 Å². The molecule has 2 fully saturated rings.